The third-order valence-corrected chi connectivity index (χ3v) is 5.31. The first-order chi connectivity index (χ1) is 13.1. The second-order valence-electron chi connectivity index (χ2n) is 6.30. The fourth-order valence-electron chi connectivity index (χ4n) is 2.84. The van der Waals surface area contributed by atoms with Gasteiger partial charge in [0.15, 0.2) is 0 Å². The SMILES string of the molecule is CCc1ccc(NC(=O)CSCC(=O)Nc2c(CC)cccc2CC)cc1. The van der Waals surface area contributed by atoms with E-state index in [1.54, 1.807) is 0 Å². The second-order valence-corrected chi connectivity index (χ2v) is 7.28. The van der Waals surface area contributed by atoms with Gasteiger partial charge in [0.2, 0.25) is 11.8 Å². The molecule has 2 N–H and O–H groups in total. The summed E-state index contributed by atoms with van der Waals surface area (Å²) in [6, 6.07) is 13.9. The summed E-state index contributed by atoms with van der Waals surface area (Å²) in [5, 5.41) is 5.89. The highest BCUT2D eigenvalue weighted by molar-refractivity contribution is 8.00. The van der Waals surface area contributed by atoms with Gasteiger partial charge in [-0.1, -0.05) is 51.1 Å². The molecule has 0 unspecified atom stereocenters. The van der Waals surface area contributed by atoms with Crippen LogP contribution in [0.4, 0.5) is 11.4 Å². The van der Waals surface area contributed by atoms with E-state index in [1.165, 1.54) is 17.3 Å². The van der Waals surface area contributed by atoms with Gasteiger partial charge in [0.25, 0.3) is 0 Å². The summed E-state index contributed by atoms with van der Waals surface area (Å²) in [6.07, 6.45) is 2.71. The zero-order valence-corrected chi connectivity index (χ0v) is 17.1. The minimum atomic E-state index is -0.0970. The monoisotopic (exact) mass is 384 g/mol. The lowest BCUT2D eigenvalue weighted by atomic mass is 10.0. The van der Waals surface area contributed by atoms with Crippen LogP contribution in [0.2, 0.25) is 0 Å². The van der Waals surface area contributed by atoms with Crippen LogP contribution in [-0.4, -0.2) is 23.3 Å². The van der Waals surface area contributed by atoms with Crippen LogP contribution in [0.3, 0.4) is 0 Å². The van der Waals surface area contributed by atoms with E-state index < -0.39 is 0 Å². The smallest absolute Gasteiger partial charge is 0.234 e. The third kappa shape index (κ3) is 6.43. The van der Waals surface area contributed by atoms with Crippen molar-refractivity contribution in [1.82, 2.24) is 0 Å². The fraction of sp³-hybridized carbons (Fsp3) is 0.364. The Morgan fingerprint density at radius 1 is 0.778 bits per heavy atom. The van der Waals surface area contributed by atoms with Crippen molar-refractivity contribution in [3.05, 3.63) is 59.2 Å². The minimum Gasteiger partial charge on any atom is -0.325 e. The highest BCUT2D eigenvalue weighted by atomic mass is 32.2. The van der Waals surface area contributed by atoms with Crippen LogP contribution in [0, 0.1) is 0 Å². The number of thioether (sulfide) groups is 1. The Morgan fingerprint density at radius 3 is 1.85 bits per heavy atom. The Morgan fingerprint density at radius 2 is 1.33 bits per heavy atom. The molecule has 0 aliphatic carbocycles. The first-order valence-electron chi connectivity index (χ1n) is 9.44. The van der Waals surface area contributed by atoms with Crippen molar-refractivity contribution in [3.63, 3.8) is 0 Å². The van der Waals surface area contributed by atoms with Gasteiger partial charge in [0, 0.05) is 11.4 Å². The normalized spacial score (nSPS) is 10.5. The summed E-state index contributed by atoms with van der Waals surface area (Å²) in [6.45, 7) is 6.25. The molecule has 0 atom stereocenters. The van der Waals surface area contributed by atoms with Crippen LogP contribution in [0.1, 0.15) is 37.5 Å². The minimum absolute atomic E-state index is 0.0734. The lowest BCUT2D eigenvalue weighted by molar-refractivity contribution is -0.114. The molecule has 0 bridgehead atoms. The number of hydrogen-bond acceptors (Lipinski definition) is 3. The average Bonchev–Trinajstić information content (AvgIpc) is 2.68. The molecule has 2 aromatic rings. The van der Waals surface area contributed by atoms with Crippen molar-refractivity contribution in [1.29, 1.82) is 0 Å². The van der Waals surface area contributed by atoms with Gasteiger partial charge in [-0.2, -0.15) is 0 Å². The summed E-state index contributed by atoms with van der Waals surface area (Å²) in [5.41, 5.74) is 5.22. The number of benzene rings is 2. The molecule has 144 valence electrons. The maximum atomic E-state index is 12.3. The van der Waals surface area contributed by atoms with Crippen molar-refractivity contribution >= 4 is 35.0 Å². The first-order valence-corrected chi connectivity index (χ1v) is 10.6. The lowest BCUT2D eigenvalue weighted by Gasteiger charge is -2.14. The largest absolute Gasteiger partial charge is 0.325 e. The Bertz CT molecular complexity index is 750. The van der Waals surface area contributed by atoms with Crippen molar-refractivity contribution in [2.45, 2.75) is 40.0 Å². The van der Waals surface area contributed by atoms with Crippen LogP contribution in [0.15, 0.2) is 42.5 Å². The summed E-state index contributed by atoms with van der Waals surface area (Å²) >= 11 is 1.32. The summed E-state index contributed by atoms with van der Waals surface area (Å²) in [4.78, 5) is 24.3. The molecule has 0 saturated heterocycles. The zero-order chi connectivity index (χ0) is 19.6. The van der Waals surface area contributed by atoms with E-state index in [-0.39, 0.29) is 23.3 Å². The van der Waals surface area contributed by atoms with Crippen molar-refractivity contribution in [3.8, 4) is 0 Å². The molecular formula is C22H28N2O2S. The fourth-order valence-corrected chi connectivity index (χ4v) is 3.45. The second kappa shape index (κ2) is 10.8. The van der Waals surface area contributed by atoms with Crippen LogP contribution in [0.5, 0.6) is 0 Å². The molecule has 2 rings (SSSR count). The predicted molar refractivity (Wildman–Crippen MR) is 116 cm³/mol. The maximum Gasteiger partial charge on any atom is 0.234 e. The number of carbonyl (C=O) groups is 2. The van der Waals surface area contributed by atoms with Gasteiger partial charge in [-0.3, -0.25) is 9.59 Å². The van der Waals surface area contributed by atoms with Gasteiger partial charge in [0.1, 0.15) is 0 Å². The van der Waals surface area contributed by atoms with Crippen LogP contribution >= 0.6 is 11.8 Å². The van der Waals surface area contributed by atoms with Crippen LogP contribution < -0.4 is 10.6 Å². The van der Waals surface area contributed by atoms with Crippen molar-refractivity contribution in [2.75, 3.05) is 22.1 Å². The first kappa shape index (κ1) is 21.0. The molecule has 0 aromatic heterocycles. The Hall–Kier alpha value is -2.27. The van der Waals surface area contributed by atoms with Gasteiger partial charge in [-0.25, -0.2) is 0 Å². The molecule has 2 amide bonds. The molecule has 2 aromatic carbocycles. The molecule has 0 radical (unpaired) electrons. The van der Waals surface area contributed by atoms with Gasteiger partial charge >= 0.3 is 0 Å². The number of nitrogens with one attached hydrogen (secondary N) is 2. The van der Waals surface area contributed by atoms with E-state index >= 15 is 0 Å². The average molecular weight is 385 g/mol. The van der Waals surface area contributed by atoms with E-state index in [2.05, 4.69) is 31.4 Å². The highest BCUT2D eigenvalue weighted by Gasteiger charge is 2.11. The van der Waals surface area contributed by atoms with E-state index in [9.17, 15) is 9.59 Å². The topological polar surface area (TPSA) is 58.2 Å². The quantitative estimate of drug-likeness (QED) is 0.660. The van der Waals surface area contributed by atoms with Gasteiger partial charge in [-0.15, -0.1) is 11.8 Å². The summed E-state index contributed by atoms with van der Waals surface area (Å²) < 4.78 is 0. The molecule has 0 fully saturated rings. The summed E-state index contributed by atoms with van der Waals surface area (Å²) in [7, 11) is 0. The number of amides is 2. The number of para-hydroxylation sites is 1. The molecule has 5 heteroatoms. The predicted octanol–water partition coefficient (Wildman–Crippen LogP) is 4.68. The van der Waals surface area contributed by atoms with Crippen molar-refractivity contribution in [2.24, 2.45) is 0 Å². The van der Waals surface area contributed by atoms with Crippen LogP contribution in [0.25, 0.3) is 0 Å². The number of rotatable bonds is 9. The standard InChI is InChI=1S/C22H28N2O2S/c1-4-16-10-12-19(13-11-16)23-20(25)14-27-15-21(26)24-22-17(5-2)8-7-9-18(22)6-3/h7-13H,4-6,14-15H2,1-3H3,(H,23,25)(H,24,26). The molecule has 4 nitrogen and oxygen atoms in total. The molecular weight excluding hydrogens is 356 g/mol. The molecule has 0 saturated carbocycles. The van der Waals surface area contributed by atoms with Gasteiger partial charge < -0.3 is 10.6 Å². The molecule has 0 aliphatic heterocycles. The summed E-state index contributed by atoms with van der Waals surface area (Å²) in [5.74, 6) is 0.332. The molecule has 0 heterocycles. The lowest BCUT2D eigenvalue weighted by Crippen LogP contribution is -2.19. The Kier molecular flexibility index (Phi) is 8.40. The number of aryl methyl sites for hydroxylation is 3. The number of hydrogen-bond donors (Lipinski definition) is 2. The molecule has 0 aliphatic rings. The Balaban J connectivity index is 1.81. The number of carbonyl (C=O) groups excluding carboxylic acids is 2. The van der Waals surface area contributed by atoms with Gasteiger partial charge in [-0.05, 0) is 48.1 Å². The van der Waals surface area contributed by atoms with E-state index in [1.807, 2.05) is 42.5 Å². The Labute approximate surface area is 166 Å². The van der Waals surface area contributed by atoms with Gasteiger partial charge in [0.05, 0.1) is 11.5 Å². The highest BCUT2D eigenvalue weighted by Crippen LogP contribution is 2.23. The molecule has 0 spiro atoms. The molecule has 27 heavy (non-hydrogen) atoms. The maximum absolute atomic E-state index is 12.3. The zero-order valence-electron chi connectivity index (χ0n) is 16.3. The van der Waals surface area contributed by atoms with Crippen molar-refractivity contribution < 1.29 is 9.59 Å². The third-order valence-electron chi connectivity index (χ3n) is 4.38. The number of anilines is 2. The van der Waals surface area contributed by atoms with E-state index in [0.29, 0.717) is 0 Å². The van der Waals surface area contributed by atoms with E-state index in [0.717, 1.165) is 41.8 Å². The van der Waals surface area contributed by atoms with E-state index in [4.69, 9.17) is 0 Å². The van der Waals surface area contributed by atoms with Crippen LogP contribution in [-0.2, 0) is 28.9 Å².